The molecule has 0 atom stereocenters. The van der Waals surface area contributed by atoms with Crippen molar-refractivity contribution >= 4 is 39.8 Å². The maximum atomic E-state index is 12.0. The van der Waals surface area contributed by atoms with Crippen LogP contribution >= 0.6 is 23.1 Å². The van der Waals surface area contributed by atoms with Crippen molar-refractivity contribution < 1.29 is 9.72 Å². The minimum Gasteiger partial charge on any atom is -0.300 e. The molecule has 0 saturated heterocycles. The molecule has 2 rings (SSSR count). The highest BCUT2D eigenvalue weighted by molar-refractivity contribution is 8.00. The van der Waals surface area contributed by atoms with E-state index in [1.54, 1.807) is 12.1 Å². The summed E-state index contributed by atoms with van der Waals surface area (Å²) in [6, 6.07) is 6.50. The van der Waals surface area contributed by atoms with Crippen LogP contribution in [0.2, 0.25) is 0 Å². The van der Waals surface area contributed by atoms with Crippen LogP contribution in [0, 0.1) is 16.0 Å². The van der Waals surface area contributed by atoms with E-state index < -0.39 is 4.92 Å². The van der Waals surface area contributed by atoms with Gasteiger partial charge in [-0.2, -0.15) is 0 Å². The maximum absolute atomic E-state index is 12.0. The molecule has 9 heteroatoms. The van der Waals surface area contributed by atoms with Gasteiger partial charge in [-0.1, -0.05) is 49.1 Å². The van der Waals surface area contributed by atoms with E-state index in [1.807, 2.05) is 19.9 Å². The van der Waals surface area contributed by atoms with Gasteiger partial charge in [-0.15, -0.1) is 10.2 Å². The van der Waals surface area contributed by atoms with Crippen LogP contribution in [0.25, 0.3) is 0 Å². The Morgan fingerprint density at radius 3 is 2.79 bits per heavy atom. The van der Waals surface area contributed by atoms with Gasteiger partial charge in [0, 0.05) is 23.8 Å². The fraction of sp³-hybridized carbons (Fsp3) is 0.400. The first-order valence-electron chi connectivity index (χ1n) is 7.54. The average Bonchev–Trinajstić information content (AvgIpc) is 3.01. The zero-order chi connectivity index (χ0) is 17.5. The van der Waals surface area contributed by atoms with Gasteiger partial charge in [0.05, 0.1) is 4.92 Å². The van der Waals surface area contributed by atoms with E-state index >= 15 is 0 Å². The molecule has 0 aliphatic heterocycles. The van der Waals surface area contributed by atoms with Crippen molar-refractivity contribution in [2.24, 2.45) is 5.92 Å². The normalized spacial score (nSPS) is 10.8. The Morgan fingerprint density at radius 1 is 1.38 bits per heavy atom. The summed E-state index contributed by atoms with van der Waals surface area (Å²) in [4.78, 5) is 22.4. The molecule has 1 amide bonds. The molecule has 1 aromatic carbocycles. The third-order valence-corrected chi connectivity index (χ3v) is 5.52. The van der Waals surface area contributed by atoms with E-state index in [2.05, 4.69) is 15.5 Å². The standard InChI is InChI=1S/C15H18N4O3S2/c1-3-11(4-2)13(20)16-14-17-18-15(24-14)23-9-10-6-5-7-12(8-10)19(21)22/h5-8,11H,3-4,9H2,1-2H3,(H,16,17,20). The Morgan fingerprint density at radius 2 is 2.12 bits per heavy atom. The number of hydrogen-bond acceptors (Lipinski definition) is 7. The molecule has 1 aromatic heterocycles. The molecule has 128 valence electrons. The summed E-state index contributed by atoms with van der Waals surface area (Å²) < 4.78 is 0.710. The molecule has 24 heavy (non-hydrogen) atoms. The quantitative estimate of drug-likeness (QED) is 0.327. The van der Waals surface area contributed by atoms with Gasteiger partial charge in [-0.25, -0.2) is 0 Å². The Bertz CT molecular complexity index is 716. The van der Waals surface area contributed by atoms with Crippen LogP contribution < -0.4 is 5.32 Å². The van der Waals surface area contributed by atoms with Crippen molar-refractivity contribution in [3.05, 3.63) is 39.9 Å². The third kappa shape index (κ3) is 5.00. The fourth-order valence-corrected chi connectivity index (χ4v) is 3.79. The van der Waals surface area contributed by atoms with Crippen molar-refractivity contribution in [3.63, 3.8) is 0 Å². The second-order valence-electron chi connectivity index (χ2n) is 5.09. The SMILES string of the molecule is CCC(CC)C(=O)Nc1nnc(SCc2cccc([N+](=O)[O-])c2)s1. The lowest BCUT2D eigenvalue weighted by atomic mass is 10.0. The molecule has 0 fully saturated rings. The smallest absolute Gasteiger partial charge is 0.269 e. The van der Waals surface area contributed by atoms with Crippen molar-refractivity contribution in [2.75, 3.05) is 5.32 Å². The molecular weight excluding hydrogens is 348 g/mol. The highest BCUT2D eigenvalue weighted by Crippen LogP contribution is 2.29. The number of rotatable bonds is 8. The zero-order valence-electron chi connectivity index (χ0n) is 13.4. The Labute approximate surface area is 148 Å². The number of amides is 1. The molecule has 7 nitrogen and oxygen atoms in total. The number of carbonyl (C=O) groups excluding carboxylic acids is 1. The highest BCUT2D eigenvalue weighted by Gasteiger charge is 2.16. The molecule has 0 radical (unpaired) electrons. The maximum Gasteiger partial charge on any atom is 0.269 e. The first-order chi connectivity index (χ1) is 11.5. The van der Waals surface area contributed by atoms with Crippen LogP contribution in [0.15, 0.2) is 28.6 Å². The Hall–Kier alpha value is -2.00. The molecule has 1 heterocycles. The lowest BCUT2D eigenvalue weighted by Gasteiger charge is -2.09. The highest BCUT2D eigenvalue weighted by atomic mass is 32.2. The summed E-state index contributed by atoms with van der Waals surface area (Å²) in [6.07, 6.45) is 1.57. The van der Waals surface area contributed by atoms with Crippen molar-refractivity contribution in [2.45, 2.75) is 36.8 Å². The topological polar surface area (TPSA) is 98.0 Å². The summed E-state index contributed by atoms with van der Waals surface area (Å²) in [6.45, 7) is 3.96. The van der Waals surface area contributed by atoms with Crippen LogP contribution in [0.3, 0.4) is 0 Å². The number of non-ortho nitro benzene ring substituents is 1. The number of nitro groups is 1. The molecule has 0 aliphatic carbocycles. The Kier molecular flexibility index (Phi) is 6.68. The minimum absolute atomic E-state index is 0.0186. The van der Waals surface area contributed by atoms with Gasteiger partial charge in [0.1, 0.15) is 0 Å². The summed E-state index contributed by atoms with van der Waals surface area (Å²) in [5, 5.41) is 22.1. The van der Waals surface area contributed by atoms with Crippen LogP contribution in [0.1, 0.15) is 32.3 Å². The number of carbonyl (C=O) groups is 1. The number of thioether (sulfide) groups is 1. The van der Waals surface area contributed by atoms with Crippen LogP contribution in [0.4, 0.5) is 10.8 Å². The predicted molar refractivity (Wildman–Crippen MR) is 95.3 cm³/mol. The molecule has 0 unspecified atom stereocenters. The number of hydrogen-bond donors (Lipinski definition) is 1. The van der Waals surface area contributed by atoms with Crippen LogP contribution in [-0.2, 0) is 10.5 Å². The summed E-state index contributed by atoms with van der Waals surface area (Å²) >= 11 is 2.74. The van der Waals surface area contributed by atoms with Gasteiger partial charge in [-0.05, 0) is 18.4 Å². The summed E-state index contributed by atoms with van der Waals surface area (Å²) in [5.74, 6) is 0.498. The summed E-state index contributed by atoms with van der Waals surface area (Å²) in [7, 11) is 0. The van der Waals surface area contributed by atoms with Crippen molar-refractivity contribution in [3.8, 4) is 0 Å². The third-order valence-electron chi connectivity index (χ3n) is 3.48. The lowest BCUT2D eigenvalue weighted by molar-refractivity contribution is -0.384. The van der Waals surface area contributed by atoms with Gasteiger partial charge in [-0.3, -0.25) is 14.9 Å². The predicted octanol–water partition coefficient (Wildman–Crippen LogP) is 4.11. The first kappa shape index (κ1) is 18.3. The van der Waals surface area contributed by atoms with E-state index in [9.17, 15) is 14.9 Å². The molecule has 1 N–H and O–H groups in total. The number of nitrogens with zero attached hydrogens (tertiary/aromatic N) is 3. The minimum atomic E-state index is -0.412. The van der Waals surface area contributed by atoms with Crippen molar-refractivity contribution in [1.29, 1.82) is 0 Å². The fourth-order valence-electron chi connectivity index (χ4n) is 2.09. The van der Waals surface area contributed by atoms with Crippen LogP contribution in [-0.4, -0.2) is 21.0 Å². The first-order valence-corrected chi connectivity index (χ1v) is 9.34. The van der Waals surface area contributed by atoms with E-state index in [0.717, 1.165) is 18.4 Å². The van der Waals surface area contributed by atoms with Gasteiger partial charge in [0.15, 0.2) is 4.34 Å². The average molecular weight is 366 g/mol. The largest absolute Gasteiger partial charge is 0.300 e. The second-order valence-corrected chi connectivity index (χ2v) is 7.29. The van der Waals surface area contributed by atoms with E-state index in [1.165, 1.54) is 29.2 Å². The monoisotopic (exact) mass is 366 g/mol. The van der Waals surface area contributed by atoms with Gasteiger partial charge >= 0.3 is 0 Å². The number of nitro benzene ring substituents is 1. The van der Waals surface area contributed by atoms with Crippen molar-refractivity contribution in [1.82, 2.24) is 10.2 Å². The van der Waals surface area contributed by atoms with E-state index in [-0.39, 0.29) is 17.5 Å². The number of anilines is 1. The Balaban J connectivity index is 1.93. The van der Waals surface area contributed by atoms with Gasteiger partial charge < -0.3 is 5.32 Å². The molecular formula is C15H18N4O3S2. The second kappa shape index (κ2) is 8.74. The molecule has 0 aliphatic rings. The molecule has 0 spiro atoms. The molecule has 0 saturated carbocycles. The van der Waals surface area contributed by atoms with Gasteiger partial charge in [0.2, 0.25) is 11.0 Å². The number of aromatic nitrogens is 2. The summed E-state index contributed by atoms with van der Waals surface area (Å²) in [5.41, 5.74) is 0.913. The molecule has 2 aromatic rings. The number of benzene rings is 1. The van der Waals surface area contributed by atoms with E-state index in [4.69, 9.17) is 0 Å². The zero-order valence-corrected chi connectivity index (χ0v) is 15.0. The van der Waals surface area contributed by atoms with E-state index in [0.29, 0.717) is 15.2 Å². The van der Waals surface area contributed by atoms with Gasteiger partial charge in [0.25, 0.3) is 5.69 Å². The lowest BCUT2D eigenvalue weighted by Crippen LogP contribution is -2.21. The molecule has 0 bridgehead atoms. The number of nitrogens with one attached hydrogen (secondary N) is 1. The van der Waals surface area contributed by atoms with Crippen LogP contribution in [0.5, 0.6) is 0 Å².